The second kappa shape index (κ2) is 3.82. The Morgan fingerprint density at radius 3 is 2.94 bits per heavy atom. The fourth-order valence-electron chi connectivity index (χ4n) is 1.83. The lowest BCUT2D eigenvalue weighted by Gasteiger charge is -2.08. The zero-order chi connectivity index (χ0) is 11.9. The first kappa shape index (κ1) is 10.7. The number of sulfone groups is 1. The molecule has 1 aromatic carbocycles. The van der Waals surface area contributed by atoms with Gasteiger partial charge < -0.3 is 5.32 Å². The molecule has 3 rings (SSSR count). The third kappa shape index (κ3) is 2.05. The summed E-state index contributed by atoms with van der Waals surface area (Å²) in [6.07, 6.45) is 1.68. The Morgan fingerprint density at radius 1 is 1.35 bits per heavy atom. The Hall–Kier alpha value is -1.40. The van der Waals surface area contributed by atoms with Gasteiger partial charge in [-0.1, -0.05) is 12.1 Å². The summed E-state index contributed by atoms with van der Waals surface area (Å²) in [6, 6.07) is 7.66. The molecule has 6 heteroatoms. The molecule has 2 heterocycles. The molecule has 1 aromatic heterocycles. The molecule has 0 bridgehead atoms. The molecule has 0 amide bonds. The molecule has 0 radical (unpaired) electrons. The molecule has 0 spiro atoms. The monoisotopic (exact) mass is 266 g/mol. The number of hydrogen-bond donors (Lipinski definition) is 1. The predicted octanol–water partition coefficient (Wildman–Crippen LogP) is 2.02. The van der Waals surface area contributed by atoms with Gasteiger partial charge in [-0.3, -0.25) is 0 Å². The molecule has 1 aliphatic rings. The minimum atomic E-state index is -3.01. The van der Waals surface area contributed by atoms with Gasteiger partial charge in [-0.2, -0.15) is 4.37 Å². The van der Waals surface area contributed by atoms with Gasteiger partial charge in [0.1, 0.15) is 5.00 Å². The molecule has 2 aromatic rings. The van der Waals surface area contributed by atoms with Crippen LogP contribution in [0.1, 0.15) is 0 Å². The fourth-order valence-corrected chi connectivity index (χ4v) is 3.89. The van der Waals surface area contributed by atoms with Crippen molar-refractivity contribution in [3.8, 4) is 0 Å². The third-order valence-electron chi connectivity index (χ3n) is 2.63. The summed E-state index contributed by atoms with van der Waals surface area (Å²) >= 11 is 1.36. The van der Waals surface area contributed by atoms with Crippen LogP contribution in [0.25, 0.3) is 10.9 Å². The number of hydrogen-bond acceptors (Lipinski definition) is 5. The summed E-state index contributed by atoms with van der Waals surface area (Å²) < 4.78 is 26.9. The van der Waals surface area contributed by atoms with E-state index < -0.39 is 9.84 Å². The lowest BCUT2D eigenvalue weighted by Crippen LogP contribution is -2.20. The van der Waals surface area contributed by atoms with Crippen LogP contribution >= 0.6 is 11.5 Å². The molecule has 0 saturated carbocycles. The Balaban J connectivity index is 1.89. The fraction of sp³-hybridized carbons (Fsp3) is 0.182. The Morgan fingerprint density at radius 2 is 2.18 bits per heavy atom. The second-order valence-electron chi connectivity index (χ2n) is 3.94. The van der Waals surface area contributed by atoms with E-state index in [0.29, 0.717) is 0 Å². The molecule has 0 fully saturated rings. The molecule has 1 unspecified atom stereocenters. The first-order chi connectivity index (χ1) is 8.14. The van der Waals surface area contributed by atoms with Crippen LogP contribution in [0, 0.1) is 0 Å². The first-order valence-corrected chi connectivity index (χ1v) is 7.65. The summed E-state index contributed by atoms with van der Waals surface area (Å²) in [6.45, 7) is 0. The minimum Gasteiger partial charge on any atom is -0.368 e. The van der Waals surface area contributed by atoms with Crippen LogP contribution in [0.4, 0.5) is 5.00 Å². The van der Waals surface area contributed by atoms with Crippen molar-refractivity contribution in [2.45, 2.75) is 6.04 Å². The summed E-state index contributed by atoms with van der Waals surface area (Å²) in [5, 5.41) is 6.44. The summed E-state index contributed by atoms with van der Waals surface area (Å²) in [4.78, 5) is 0. The lowest BCUT2D eigenvalue weighted by atomic mass is 10.2. The average Bonchev–Trinajstić information content (AvgIpc) is 2.84. The maximum atomic E-state index is 11.3. The molecule has 1 N–H and O–H groups in total. The van der Waals surface area contributed by atoms with Gasteiger partial charge in [0.25, 0.3) is 0 Å². The maximum absolute atomic E-state index is 11.3. The quantitative estimate of drug-likeness (QED) is 0.903. The molecule has 0 saturated heterocycles. The van der Waals surface area contributed by atoms with E-state index in [1.54, 1.807) is 6.08 Å². The largest absolute Gasteiger partial charge is 0.368 e. The van der Waals surface area contributed by atoms with Crippen LogP contribution in [0.5, 0.6) is 0 Å². The number of nitrogens with one attached hydrogen (secondary N) is 1. The number of aromatic nitrogens is 1. The van der Waals surface area contributed by atoms with Crippen molar-refractivity contribution in [2.75, 3.05) is 11.1 Å². The zero-order valence-electron chi connectivity index (χ0n) is 8.83. The van der Waals surface area contributed by atoms with Gasteiger partial charge in [-0.25, -0.2) is 8.42 Å². The van der Waals surface area contributed by atoms with E-state index in [1.807, 2.05) is 24.3 Å². The molecule has 4 nitrogen and oxygen atoms in total. The van der Waals surface area contributed by atoms with Crippen LogP contribution in [0.15, 0.2) is 35.7 Å². The van der Waals surface area contributed by atoms with Crippen molar-refractivity contribution in [3.05, 3.63) is 35.7 Å². The zero-order valence-corrected chi connectivity index (χ0v) is 10.5. The van der Waals surface area contributed by atoms with Crippen molar-refractivity contribution in [1.82, 2.24) is 4.37 Å². The van der Waals surface area contributed by atoms with Crippen molar-refractivity contribution in [3.63, 3.8) is 0 Å². The van der Waals surface area contributed by atoms with Gasteiger partial charge in [0, 0.05) is 10.8 Å². The molecule has 0 aliphatic carbocycles. The van der Waals surface area contributed by atoms with Gasteiger partial charge >= 0.3 is 0 Å². The summed E-state index contributed by atoms with van der Waals surface area (Å²) in [5.41, 5.74) is 0.935. The van der Waals surface area contributed by atoms with Gasteiger partial charge in [0.15, 0.2) is 9.84 Å². The minimum absolute atomic E-state index is 0.124. The molecule has 88 valence electrons. The van der Waals surface area contributed by atoms with E-state index in [1.165, 1.54) is 16.9 Å². The van der Waals surface area contributed by atoms with Gasteiger partial charge in [0.05, 0.1) is 17.3 Å². The predicted molar refractivity (Wildman–Crippen MR) is 70.0 cm³/mol. The van der Waals surface area contributed by atoms with Crippen LogP contribution in [-0.4, -0.2) is 24.6 Å². The molecular formula is C11H10N2O2S2. The van der Waals surface area contributed by atoms with Crippen molar-refractivity contribution < 1.29 is 8.42 Å². The normalized spacial score (nSPS) is 22.0. The van der Waals surface area contributed by atoms with E-state index in [9.17, 15) is 8.42 Å². The van der Waals surface area contributed by atoms with E-state index in [2.05, 4.69) is 9.69 Å². The van der Waals surface area contributed by atoms with Crippen molar-refractivity contribution in [2.24, 2.45) is 0 Å². The SMILES string of the molecule is O=S1(=O)C=CC(Nc2snc3ccccc23)C1. The van der Waals surface area contributed by atoms with Gasteiger partial charge in [-0.15, -0.1) is 0 Å². The van der Waals surface area contributed by atoms with Gasteiger partial charge in [0.2, 0.25) is 0 Å². The summed E-state index contributed by atoms with van der Waals surface area (Å²) in [5.74, 6) is 0.124. The highest BCUT2D eigenvalue weighted by Crippen LogP contribution is 2.28. The van der Waals surface area contributed by atoms with Crippen LogP contribution in [0.2, 0.25) is 0 Å². The number of rotatable bonds is 2. The standard InChI is InChI=1S/C11H10N2O2S2/c14-17(15)6-5-8(7-17)12-11-9-3-1-2-4-10(9)13-16-11/h1-6,8,12H,7H2. The molecule has 1 aliphatic heterocycles. The summed E-state index contributed by atoms with van der Waals surface area (Å²) in [7, 11) is -3.01. The topological polar surface area (TPSA) is 59.1 Å². The smallest absolute Gasteiger partial charge is 0.173 e. The van der Waals surface area contributed by atoms with Crippen LogP contribution in [0.3, 0.4) is 0 Å². The average molecular weight is 266 g/mol. The number of fused-ring (bicyclic) bond motifs is 1. The van der Waals surface area contributed by atoms with Gasteiger partial charge in [-0.05, 0) is 29.7 Å². The van der Waals surface area contributed by atoms with E-state index >= 15 is 0 Å². The second-order valence-corrected chi connectivity index (χ2v) is 6.64. The first-order valence-electron chi connectivity index (χ1n) is 5.16. The molecule has 17 heavy (non-hydrogen) atoms. The highest BCUT2D eigenvalue weighted by molar-refractivity contribution is 7.94. The highest BCUT2D eigenvalue weighted by atomic mass is 32.2. The van der Waals surface area contributed by atoms with E-state index in [0.717, 1.165) is 15.9 Å². The van der Waals surface area contributed by atoms with Crippen molar-refractivity contribution >= 4 is 37.3 Å². The van der Waals surface area contributed by atoms with Crippen LogP contribution in [-0.2, 0) is 9.84 Å². The van der Waals surface area contributed by atoms with E-state index in [-0.39, 0.29) is 11.8 Å². The molecule has 1 atom stereocenters. The van der Waals surface area contributed by atoms with Crippen molar-refractivity contribution in [1.29, 1.82) is 0 Å². The Bertz CT molecular complexity index is 688. The Kier molecular flexibility index (Phi) is 2.41. The Labute approximate surface area is 103 Å². The number of benzene rings is 1. The molecular weight excluding hydrogens is 256 g/mol. The van der Waals surface area contributed by atoms with E-state index in [4.69, 9.17) is 0 Å². The number of nitrogens with zero attached hydrogens (tertiary/aromatic N) is 1. The van der Waals surface area contributed by atoms with Crippen LogP contribution < -0.4 is 5.32 Å². The number of anilines is 1. The maximum Gasteiger partial charge on any atom is 0.173 e. The highest BCUT2D eigenvalue weighted by Gasteiger charge is 2.22. The lowest BCUT2D eigenvalue weighted by molar-refractivity contribution is 0.605. The third-order valence-corrected chi connectivity index (χ3v) is 4.83.